The van der Waals surface area contributed by atoms with E-state index in [4.69, 9.17) is 0 Å². The minimum Gasteiger partial charge on any atom is -0.355 e. The molecule has 2 aliphatic carbocycles. The van der Waals surface area contributed by atoms with E-state index in [0.717, 1.165) is 24.9 Å². The van der Waals surface area contributed by atoms with Crippen LogP contribution in [0, 0.1) is 16.7 Å². The molecule has 1 aromatic rings. The average Bonchev–Trinajstić information content (AvgIpc) is 3.23. The Morgan fingerprint density at radius 1 is 1.20 bits per heavy atom. The number of para-hydroxylation sites is 1. The lowest BCUT2D eigenvalue weighted by Gasteiger charge is -2.37. The Hall–Kier alpha value is -1.56. The van der Waals surface area contributed by atoms with Gasteiger partial charge in [-0.2, -0.15) is 0 Å². The van der Waals surface area contributed by atoms with Crippen molar-refractivity contribution in [2.45, 2.75) is 45.2 Å². The zero-order chi connectivity index (χ0) is 17.6. The van der Waals surface area contributed by atoms with E-state index in [0.29, 0.717) is 12.5 Å². The summed E-state index contributed by atoms with van der Waals surface area (Å²) in [7, 11) is -3.51. The van der Waals surface area contributed by atoms with Gasteiger partial charge in [0, 0.05) is 17.6 Å². The number of hydrogen-bond donors (Lipinski definition) is 0. The molecular formula is C19H24N2O3S. The maximum atomic E-state index is 13.1. The minimum absolute atomic E-state index is 0.00242. The molecule has 1 spiro atoms. The van der Waals surface area contributed by atoms with Crippen LogP contribution in [0.15, 0.2) is 30.3 Å². The van der Waals surface area contributed by atoms with Crippen molar-refractivity contribution < 1.29 is 13.2 Å². The molecular weight excluding hydrogens is 336 g/mol. The second kappa shape index (κ2) is 4.58. The first-order chi connectivity index (χ1) is 11.8. The van der Waals surface area contributed by atoms with Gasteiger partial charge < -0.3 is 4.90 Å². The van der Waals surface area contributed by atoms with E-state index in [2.05, 4.69) is 13.8 Å². The lowest BCUT2D eigenvalue weighted by atomic mass is 9.69. The van der Waals surface area contributed by atoms with Gasteiger partial charge in [0.25, 0.3) is 5.91 Å². The zero-order valence-electron chi connectivity index (χ0n) is 14.7. The molecule has 1 amide bonds. The molecule has 0 unspecified atom stereocenters. The number of amides is 1. The van der Waals surface area contributed by atoms with Gasteiger partial charge in [-0.1, -0.05) is 32.0 Å². The molecule has 5 rings (SSSR count). The lowest BCUT2D eigenvalue weighted by molar-refractivity contribution is -0.128. The van der Waals surface area contributed by atoms with E-state index in [1.54, 1.807) is 0 Å². The lowest BCUT2D eigenvalue weighted by Crippen LogP contribution is -2.46. The molecule has 25 heavy (non-hydrogen) atoms. The van der Waals surface area contributed by atoms with E-state index in [1.165, 1.54) is 4.31 Å². The normalized spacial score (nSPS) is 39.5. The quantitative estimate of drug-likeness (QED) is 0.759. The van der Waals surface area contributed by atoms with Crippen molar-refractivity contribution in [2.75, 3.05) is 17.2 Å². The predicted molar refractivity (Wildman–Crippen MR) is 95.6 cm³/mol. The van der Waals surface area contributed by atoms with E-state index >= 15 is 0 Å². The SMILES string of the molecule is CC1(C)[C@@H]2CC[C@]13CS(=O)(=O)N(C(=O)[C@H]1CN1c1ccccc1)[C@@H]3C2. The number of fused-ring (bicyclic) bond motifs is 1. The van der Waals surface area contributed by atoms with Crippen LogP contribution in [0.3, 0.4) is 0 Å². The van der Waals surface area contributed by atoms with Gasteiger partial charge >= 0.3 is 0 Å². The van der Waals surface area contributed by atoms with Crippen molar-refractivity contribution in [2.24, 2.45) is 16.7 Å². The van der Waals surface area contributed by atoms with Crippen molar-refractivity contribution in [3.8, 4) is 0 Å². The first-order valence-electron chi connectivity index (χ1n) is 9.16. The Labute approximate surface area is 149 Å². The summed E-state index contributed by atoms with van der Waals surface area (Å²) in [5, 5.41) is 0. The Morgan fingerprint density at radius 3 is 2.60 bits per heavy atom. The van der Waals surface area contributed by atoms with Gasteiger partial charge in [0.2, 0.25) is 10.0 Å². The van der Waals surface area contributed by atoms with Crippen LogP contribution in [0.2, 0.25) is 0 Å². The fraction of sp³-hybridized carbons (Fsp3) is 0.632. The van der Waals surface area contributed by atoms with Crippen LogP contribution in [-0.2, 0) is 14.8 Å². The number of nitrogens with zero attached hydrogens (tertiary/aromatic N) is 2. The number of rotatable bonds is 2. The number of hydrogen-bond acceptors (Lipinski definition) is 4. The van der Waals surface area contributed by atoms with Crippen LogP contribution < -0.4 is 4.90 Å². The molecule has 0 radical (unpaired) electrons. The average molecular weight is 360 g/mol. The summed E-state index contributed by atoms with van der Waals surface area (Å²) in [6.07, 6.45) is 2.88. The molecule has 0 aromatic heterocycles. The third kappa shape index (κ3) is 1.84. The Morgan fingerprint density at radius 2 is 1.92 bits per heavy atom. The monoisotopic (exact) mass is 360 g/mol. The minimum atomic E-state index is -3.51. The fourth-order valence-corrected chi connectivity index (χ4v) is 8.55. The van der Waals surface area contributed by atoms with E-state index in [-0.39, 0.29) is 34.6 Å². The van der Waals surface area contributed by atoms with Crippen molar-refractivity contribution in [1.29, 1.82) is 0 Å². The zero-order valence-corrected chi connectivity index (χ0v) is 15.5. The first-order valence-corrected chi connectivity index (χ1v) is 10.8. The van der Waals surface area contributed by atoms with Gasteiger partial charge in [-0.25, -0.2) is 12.7 Å². The van der Waals surface area contributed by atoms with Gasteiger partial charge in [0.05, 0.1) is 11.8 Å². The third-order valence-electron chi connectivity index (χ3n) is 7.61. The highest BCUT2D eigenvalue weighted by Gasteiger charge is 2.73. The van der Waals surface area contributed by atoms with Crippen LogP contribution in [0.4, 0.5) is 5.69 Å². The molecule has 2 bridgehead atoms. The number of sulfonamides is 1. The summed E-state index contributed by atoms with van der Waals surface area (Å²) in [5.74, 6) is 0.472. The van der Waals surface area contributed by atoms with Crippen LogP contribution >= 0.6 is 0 Å². The molecule has 2 aliphatic heterocycles. The number of anilines is 1. The second-order valence-corrected chi connectivity index (χ2v) is 10.6. The van der Waals surface area contributed by atoms with Gasteiger partial charge in [-0.15, -0.1) is 0 Å². The smallest absolute Gasteiger partial charge is 0.260 e. The highest BCUT2D eigenvalue weighted by molar-refractivity contribution is 7.90. The molecule has 4 aliphatic rings. The molecule has 1 aromatic carbocycles. The molecule has 5 nitrogen and oxygen atoms in total. The summed E-state index contributed by atoms with van der Waals surface area (Å²) < 4.78 is 27.2. The second-order valence-electron chi connectivity index (χ2n) is 8.76. The van der Waals surface area contributed by atoms with Gasteiger partial charge in [-0.05, 0) is 42.7 Å². The number of carbonyl (C=O) groups excluding carboxylic acids is 1. The standard InChI is InChI=1S/C19H24N2O3S/c1-18(2)13-8-9-19(18)12-25(23,24)21(16(19)10-13)17(22)15-11-20(15)14-6-4-3-5-7-14/h3-7,13,15-16H,8-12H2,1-2H3/t13-,15-,16-,19-,20?/m1/s1. The number of benzene rings is 1. The third-order valence-corrected chi connectivity index (χ3v) is 9.53. The van der Waals surface area contributed by atoms with E-state index in [9.17, 15) is 13.2 Å². The summed E-state index contributed by atoms with van der Waals surface area (Å²) in [4.78, 5) is 15.1. The highest BCUT2D eigenvalue weighted by atomic mass is 32.2. The Kier molecular flexibility index (Phi) is 2.87. The molecule has 4 fully saturated rings. The maximum Gasteiger partial charge on any atom is 0.260 e. The van der Waals surface area contributed by atoms with Crippen molar-refractivity contribution >= 4 is 21.6 Å². The molecule has 134 valence electrons. The van der Waals surface area contributed by atoms with Crippen molar-refractivity contribution in [1.82, 2.24) is 4.31 Å². The number of carbonyl (C=O) groups is 1. The van der Waals surface area contributed by atoms with Crippen LogP contribution in [0.5, 0.6) is 0 Å². The topological polar surface area (TPSA) is 57.5 Å². The summed E-state index contributed by atoms with van der Waals surface area (Å²) >= 11 is 0. The molecule has 2 heterocycles. The largest absolute Gasteiger partial charge is 0.355 e. The van der Waals surface area contributed by atoms with E-state index < -0.39 is 10.0 Å². The summed E-state index contributed by atoms with van der Waals surface area (Å²) in [6, 6.07) is 9.30. The van der Waals surface area contributed by atoms with Crippen LogP contribution in [-0.4, -0.2) is 43.0 Å². The first kappa shape index (κ1) is 15.7. The molecule has 2 saturated heterocycles. The van der Waals surface area contributed by atoms with Crippen molar-refractivity contribution in [3.63, 3.8) is 0 Å². The molecule has 4 atom stereocenters. The fourth-order valence-electron chi connectivity index (χ4n) is 5.98. The molecule has 2 saturated carbocycles. The Bertz CT molecular complexity index is 851. The van der Waals surface area contributed by atoms with Gasteiger partial charge in [0.1, 0.15) is 6.04 Å². The van der Waals surface area contributed by atoms with Gasteiger partial charge in [-0.3, -0.25) is 4.79 Å². The Balaban J connectivity index is 1.46. The molecule has 6 heteroatoms. The molecule has 0 N–H and O–H groups in total. The summed E-state index contributed by atoms with van der Waals surface area (Å²) in [5.41, 5.74) is 0.751. The van der Waals surface area contributed by atoms with Crippen LogP contribution in [0.1, 0.15) is 33.1 Å². The predicted octanol–water partition coefficient (Wildman–Crippen LogP) is 2.24. The highest BCUT2D eigenvalue weighted by Crippen LogP contribution is 2.70. The van der Waals surface area contributed by atoms with E-state index in [1.807, 2.05) is 35.2 Å². The van der Waals surface area contributed by atoms with Crippen molar-refractivity contribution in [3.05, 3.63) is 30.3 Å². The van der Waals surface area contributed by atoms with Crippen LogP contribution in [0.25, 0.3) is 0 Å². The maximum absolute atomic E-state index is 13.1. The summed E-state index contributed by atoms with van der Waals surface area (Å²) in [6.45, 7) is 5.03. The van der Waals surface area contributed by atoms with Gasteiger partial charge in [0.15, 0.2) is 0 Å².